The monoisotopic (exact) mass is 410 g/mol. The predicted octanol–water partition coefficient (Wildman–Crippen LogP) is 5.01. The van der Waals surface area contributed by atoms with Crippen molar-refractivity contribution in [3.8, 4) is 0 Å². The number of hydrogen-bond donors (Lipinski definition) is 0. The summed E-state index contributed by atoms with van der Waals surface area (Å²) in [5.74, 6) is 0. The molecular formula is C24H30N2O4. The van der Waals surface area contributed by atoms with Crippen LogP contribution in [0.2, 0.25) is 0 Å². The molecule has 0 spiro atoms. The summed E-state index contributed by atoms with van der Waals surface area (Å²) in [6, 6.07) is 17.6. The van der Waals surface area contributed by atoms with Crippen molar-refractivity contribution < 1.29 is 19.1 Å². The third kappa shape index (κ3) is 5.99. The Hall–Kier alpha value is -3.02. The number of nitrogens with zero attached hydrogens (tertiary/aromatic N) is 2. The van der Waals surface area contributed by atoms with E-state index >= 15 is 0 Å². The van der Waals surface area contributed by atoms with Crippen molar-refractivity contribution in [3.05, 3.63) is 65.7 Å². The van der Waals surface area contributed by atoms with Crippen LogP contribution in [0.5, 0.6) is 0 Å². The van der Waals surface area contributed by atoms with Crippen molar-refractivity contribution in [1.29, 1.82) is 0 Å². The van der Waals surface area contributed by atoms with Gasteiger partial charge in [-0.15, -0.1) is 0 Å². The van der Waals surface area contributed by atoms with E-state index in [0.717, 1.165) is 29.7 Å². The second-order valence-electron chi connectivity index (χ2n) is 8.39. The van der Waals surface area contributed by atoms with Crippen LogP contribution in [0, 0.1) is 0 Å². The Morgan fingerprint density at radius 1 is 1.03 bits per heavy atom. The van der Waals surface area contributed by atoms with E-state index in [4.69, 9.17) is 9.47 Å². The molecule has 1 aliphatic rings. The number of amides is 2. The molecule has 0 aromatic heterocycles. The first-order valence-electron chi connectivity index (χ1n) is 10.4. The van der Waals surface area contributed by atoms with Crippen LogP contribution in [0.15, 0.2) is 54.6 Å². The minimum absolute atomic E-state index is 0.101. The van der Waals surface area contributed by atoms with E-state index in [9.17, 15) is 9.59 Å². The molecule has 0 saturated heterocycles. The lowest BCUT2D eigenvalue weighted by molar-refractivity contribution is 0.0192. The van der Waals surface area contributed by atoms with Gasteiger partial charge in [-0.1, -0.05) is 48.5 Å². The lowest BCUT2D eigenvalue weighted by Gasteiger charge is -2.30. The van der Waals surface area contributed by atoms with Crippen LogP contribution in [-0.4, -0.2) is 42.4 Å². The van der Waals surface area contributed by atoms with E-state index in [2.05, 4.69) is 0 Å². The Morgan fingerprint density at radius 3 is 2.47 bits per heavy atom. The van der Waals surface area contributed by atoms with E-state index in [-0.39, 0.29) is 19.2 Å². The van der Waals surface area contributed by atoms with Crippen molar-refractivity contribution in [2.45, 2.75) is 45.8 Å². The van der Waals surface area contributed by atoms with Gasteiger partial charge in [0.1, 0.15) is 12.2 Å². The number of aryl methyl sites for hydroxylation is 1. The molecule has 1 aliphatic heterocycles. The van der Waals surface area contributed by atoms with Crippen LogP contribution < -0.4 is 4.90 Å². The topological polar surface area (TPSA) is 59.1 Å². The maximum atomic E-state index is 12.7. The minimum atomic E-state index is -0.597. The predicted molar refractivity (Wildman–Crippen MR) is 117 cm³/mol. The van der Waals surface area contributed by atoms with Gasteiger partial charge in [0.15, 0.2) is 0 Å². The number of benzene rings is 2. The molecule has 6 heteroatoms. The third-order valence-electron chi connectivity index (χ3n) is 4.79. The zero-order valence-electron chi connectivity index (χ0n) is 18.0. The summed E-state index contributed by atoms with van der Waals surface area (Å²) in [6.45, 7) is 6.88. The maximum Gasteiger partial charge on any atom is 0.414 e. The molecule has 1 heterocycles. The Balaban J connectivity index is 1.61. The molecule has 0 unspecified atom stereocenters. The van der Waals surface area contributed by atoms with Crippen molar-refractivity contribution >= 4 is 17.9 Å². The van der Waals surface area contributed by atoms with Crippen LogP contribution >= 0.6 is 0 Å². The van der Waals surface area contributed by atoms with Gasteiger partial charge in [0, 0.05) is 13.1 Å². The van der Waals surface area contributed by atoms with Crippen LogP contribution in [0.4, 0.5) is 15.3 Å². The highest BCUT2D eigenvalue weighted by Crippen LogP contribution is 2.27. The van der Waals surface area contributed by atoms with Gasteiger partial charge in [0.05, 0.1) is 12.2 Å². The molecule has 2 aromatic carbocycles. The first-order chi connectivity index (χ1) is 14.3. The number of anilines is 1. The molecule has 30 heavy (non-hydrogen) atoms. The molecule has 0 aliphatic carbocycles. The number of para-hydroxylation sites is 1. The third-order valence-corrected chi connectivity index (χ3v) is 4.79. The average Bonchev–Trinajstić information content (AvgIpc) is 2.72. The smallest absolute Gasteiger partial charge is 0.414 e. The first-order valence-corrected chi connectivity index (χ1v) is 10.4. The number of fused-ring (bicyclic) bond motifs is 1. The summed E-state index contributed by atoms with van der Waals surface area (Å²) in [5.41, 5.74) is 2.45. The fraction of sp³-hybridized carbons (Fsp3) is 0.417. The first kappa shape index (κ1) is 21.7. The molecule has 0 N–H and O–H groups in total. The second kappa shape index (κ2) is 9.65. The summed E-state index contributed by atoms with van der Waals surface area (Å²) in [6.07, 6.45) is 1.06. The Morgan fingerprint density at radius 2 is 1.73 bits per heavy atom. The summed E-state index contributed by atoms with van der Waals surface area (Å²) in [5, 5.41) is 0. The van der Waals surface area contributed by atoms with E-state index in [1.54, 1.807) is 9.80 Å². The van der Waals surface area contributed by atoms with Crippen LogP contribution in [-0.2, 0) is 22.4 Å². The molecule has 2 aromatic rings. The molecular weight excluding hydrogens is 380 g/mol. The highest BCUT2D eigenvalue weighted by molar-refractivity contribution is 5.89. The number of ether oxygens (including phenoxy) is 2. The van der Waals surface area contributed by atoms with Crippen molar-refractivity contribution in [2.24, 2.45) is 0 Å². The van der Waals surface area contributed by atoms with Gasteiger partial charge in [-0.2, -0.15) is 0 Å². The van der Waals surface area contributed by atoms with Crippen molar-refractivity contribution in [2.75, 3.05) is 24.6 Å². The fourth-order valence-corrected chi connectivity index (χ4v) is 3.41. The normalized spacial score (nSPS) is 13.4. The molecule has 0 atom stereocenters. The van der Waals surface area contributed by atoms with Gasteiger partial charge in [-0.25, -0.2) is 9.59 Å². The zero-order valence-corrected chi connectivity index (χ0v) is 18.0. The second-order valence-corrected chi connectivity index (χ2v) is 8.39. The van der Waals surface area contributed by atoms with Gasteiger partial charge in [-0.05, 0) is 50.8 Å². The van der Waals surface area contributed by atoms with E-state index in [1.165, 1.54) is 0 Å². The molecule has 160 valence electrons. The zero-order chi connectivity index (χ0) is 21.6. The Bertz CT molecular complexity index is 861. The van der Waals surface area contributed by atoms with Crippen LogP contribution in [0.25, 0.3) is 0 Å². The molecule has 0 bridgehead atoms. The minimum Gasteiger partial charge on any atom is -0.447 e. The summed E-state index contributed by atoms with van der Waals surface area (Å²) >= 11 is 0. The number of rotatable bonds is 5. The standard InChI is InChI=1S/C24H30N2O4/c1-24(2,3)30-22(27)25(18-19-10-5-4-6-11-19)16-17-29-23(28)26-15-9-13-20-12-7-8-14-21(20)26/h4-8,10-12,14H,9,13,15-18H2,1-3H3. The Labute approximate surface area is 178 Å². The van der Waals surface area contributed by atoms with Crippen LogP contribution in [0.1, 0.15) is 38.3 Å². The molecule has 0 fully saturated rings. The Kier molecular flexibility index (Phi) is 6.98. The largest absolute Gasteiger partial charge is 0.447 e. The fourth-order valence-electron chi connectivity index (χ4n) is 3.41. The average molecular weight is 411 g/mol. The number of hydrogen-bond acceptors (Lipinski definition) is 4. The summed E-state index contributed by atoms with van der Waals surface area (Å²) in [4.78, 5) is 28.6. The maximum absolute atomic E-state index is 12.7. The lowest BCUT2D eigenvalue weighted by atomic mass is 10.0. The molecule has 0 saturated carbocycles. The highest BCUT2D eigenvalue weighted by atomic mass is 16.6. The van der Waals surface area contributed by atoms with E-state index in [0.29, 0.717) is 13.1 Å². The lowest BCUT2D eigenvalue weighted by Crippen LogP contribution is -2.40. The van der Waals surface area contributed by atoms with Gasteiger partial charge < -0.3 is 14.4 Å². The van der Waals surface area contributed by atoms with Crippen LogP contribution in [0.3, 0.4) is 0 Å². The molecule has 0 radical (unpaired) electrons. The SMILES string of the molecule is CC(C)(C)OC(=O)N(CCOC(=O)N1CCCc2ccccc21)Cc1ccccc1. The number of carbonyl (C=O) groups is 2. The summed E-state index contributed by atoms with van der Waals surface area (Å²) in [7, 11) is 0. The van der Waals surface area contributed by atoms with Gasteiger partial charge in [-0.3, -0.25) is 4.90 Å². The van der Waals surface area contributed by atoms with Crippen molar-refractivity contribution in [3.63, 3.8) is 0 Å². The van der Waals surface area contributed by atoms with E-state index in [1.807, 2.05) is 75.4 Å². The molecule has 2 amide bonds. The van der Waals surface area contributed by atoms with Gasteiger partial charge >= 0.3 is 12.2 Å². The quantitative estimate of drug-likeness (QED) is 0.695. The van der Waals surface area contributed by atoms with Crippen molar-refractivity contribution in [1.82, 2.24) is 4.90 Å². The highest BCUT2D eigenvalue weighted by Gasteiger charge is 2.25. The summed E-state index contributed by atoms with van der Waals surface area (Å²) < 4.78 is 11.1. The van der Waals surface area contributed by atoms with Gasteiger partial charge in [0.2, 0.25) is 0 Å². The molecule has 3 rings (SSSR count). The van der Waals surface area contributed by atoms with Gasteiger partial charge in [0.25, 0.3) is 0 Å². The number of carbonyl (C=O) groups excluding carboxylic acids is 2. The molecule has 6 nitrogen and oxygen atoms in total. The van der Waals surface area contributed by atoms with E-state index < -0.39 is 11.7 Å².